The zero-order chi connectivity index (χ0) is 21.9. The molecule has 1 fully saturated rings. The number of hydrogen-bond acceptors (Lipinski definition) is 2. The lowest BCUT2D eigenvalue weighted by Gasteiger charge is -2.32. The van der Waals surface area contributed by atoms with Crippen molar-refractivity contribution in [1.82, 2.24) is 10.2 Å². The molecule has 1 atom stereocenters. The minimum absolute atomic E-state index is 0.00600. The first kappa shape index (κ1) is 23.1. The molecule has 3 nitrogen and oxygen atoms in total. The van der Waals surface area contributed by atoms with Gasteiger partial charge in [0.05, 0.1) is 6.04 Å². The van der Waals surface area contributed by atoms with E-state index in [1.807, 2.05) is 18.2 Å². The Balaban J connectivity index is 1.51. The number of carbonyl (C=O) groups excluding carboxylic acids is 1. The molecular weight excluding hydrogens is 415 g/mol. The first-order valence-electron chi connectivity index (χ1n) is 10.7. The topological polar surface area (TPSA) is 32.3 Å². The van der Waals surface area contributed by atoms with Crippen molar-refractivity contribution < 1.29 is 4.79 Å². The van der Waals surface area contributed by atoms with Crippen molar-refractivity contribution in [3.8, 4) is 0 Å². The summed E-state index contributed by atoms with van der Waals surface area (Å²) in [7, 11) is 0. The summed E-state index contributed by atoms with van der Waals surface area (Å²) in [5.41, 5.74) is 3.54. The van der Waals surface area contributed by atoms with Crippen molar-refractivity contribution in [1.29, 1.82) is 0 Å². The number of rotatable bonds is 5. The van der Waals surface area contributed by atoms with E-state index in [1.54, 1.807) is 0 Å². The van der Waals surface area contributed by atoms with Gasteiger partial charge in [-0.15, -0.1) is 0 Å². The zero-order valence-corrected chi connectivity index (χ0v) is 19.9. The van der Waals surface area contributed by atoms with Gasteiger partial charge in [0, 0.05) is 28.1 Å². The van der Waals surface area contributed by atoms with Gasteiger partial charge < -0.3 is 5.32 Å². The van der Waals surface area contributed by atoms with E-state index < -0.39 is 0 Å². The van der Waals surface area contributed by atoms with E-state index in [0.717, 1.165) is 43.6 Å². The summed E-state index contributed by atoms with van der Waals surface area (Å²) in [5.74, 6) is 0.206. The molecule has 5 heteroatoms. The Bertz CT molecular complexity index is 845. The lowest BCUT2D eigenvalue weighted by molar-refractivity contribution is -0.127. The number of piperidine rings is 1. The molecule has 1 amide bonds. The Kier molecular flexibility index (Phi) is 7.49. The van der Waals surface area contributed by atoms with Gasteiger partial charge in [-0.1, -0.05) is 74.3 Å². The highest BCUT2D eigenvalue weighted by molar-refractivity contribution is 6.35. The maximum Gasteiger partial charge on any atom is 0.223 e. The number of benzene rings is 2. The maximum atomic E-state index is 12.8. The number of nitrogens with one attached hydrogen (secondary N) is 1. The van der Waals surface area contributed by atoms with Gasteiger partial charge in [-0.3, -0.25) is 9.69 Å². The number of likely N-dealkylation sites (tertiary alicyclic amines) is 1. The van der Waals surface area contributed by atoms with E-state index in [4.69, 9.17) is 23.2 Å². The van der Waals surface area contributed by atoms with Crippen LogP contribution in [0.25, 0.3) is 0 Å². The van der Waals surface area contributed by atoms with E-state index in [0.29, 0.717) is 10.0 Å². The van der Waals surface area contributed by atoms with Crippen LogP contribution in [0.5, 0.6) is 0 Å². The number of hydrogen-bond donors (Lipinski definition) is 1. The summed E-state index contributed by atoms with van der Waals surface area (Å²) < 4.78 is 0. The van der Waals surface area contributed by atoms with E-state index in [2.05, 4.69) is 62.2 Å². The van der Waals surface area contributed by atoms with E-state index >= 15 is 0 Å². The predicted molar refractivity (Wildman–Crippen MR) is 126 cm³/mol. The third kappa shape index (κ3) is 5.78. The number of amides is 1. The summed E-state index contributed by atoms with van der Waals surface area (Å²) in [5, 5.41) is 4.61. The van der Waals surface area contributed by atoms with Crippen LogP contribution in [0.15, 0.2) is 42.5 Å². The van der Waals surface area contributed by atoms with Gasteiger partial charge in [-0.25, -0.2) is 0 Å². The van der Waals surface area contributed by atoms with Crippen molar-refractivity contribution in [3.63, 3.8) is 0 Å². The molecule has 1 saturated heterocycles. The maximum absolute atomic E-state index is 12.8. The Morgan fingerprint density at radius 1 is 1.07 bits per heavy atom. The molecule has 1 aliphatic rings. The summed E-state index contributed by atoms with van der Waals surface area (Å²) >= 11 is 12.6. The van der Waals surface area contributed by atoms with E-state index in [1.165, 1.54) is 5.56 Å². The molecule has 30 heavy (non-hydrogen) atoms. The van der Waals surface area contributed by atoms with Crippen LogP contribution in [0.3, 0.4) is 0 Å². The van der Waals surface area contributed by atoms with Crippen LogP contribution in [0.1, 0.15) is 63.3 Å². The lowest BCUT2D eigenvalue weighted by Crippen LogP contribution is -2.41. The second-order valence-corrected chi connectivity index (χ2v) is 10.2. The van der Waals surface area contributed by atoms with Gasteiger partial charge in [-0.05, 0) is 61.5 Å². The normalized spacial score (nSPS) is 17.0. The van der Waals surface area contributed by atoms with Crippen LogP contribution in [0.4, 0.5) is 0 Å². The molecule has 0 aromatic heterocycles. The number of carbonyl (C=O) groups is 1. The summed E-state index contributed by atoms with van der Waals surface area (Å²) in [4.78, 5) is 15.1. The largest absolute Gasteiger partial charge is 0.349 e. The highest BCUT2D eigenvalue weighted by Crippen LogP contribution is 2.28. The SMILES string of the molecule is CC(NC(=O)C1CCN(Cc2c(Cl)cccc2Cl)CC1)c1ccc(C(C)(C)C)cc1. The van der Waals surface area contributed by atoms with E-state index in [-0.39, 0.29) is 23.3 Å². The molecule has 162 valence electrons. The zero-order valence-electron chi connectivity index (χ0n) is 18.3. The third-order valence-electron chi connectivity index (χ3n) is 6.04. The van der Waals surface area contributed by atoms with Gasteiger partial charge in [0.2, 0.25) is 5.91 Å². The fourth-order valence-corrected chi connectivity index (χ4v) is 4.46. The molecule has 1 N–H and O–H groups in total. The van der Waals surface area contributed by atoms with Crippen LogP contribution in [-0.2, 0) is 16.8 Å². The molecule has 3 rings (SSSR count). The molecular formula is C25H32Cl2N2O. The molecule has 1 heterocycles. The number of halogens is 2. The van der Waals surface area contributed by atoms with E-state index in [9.17, 15) is 4.79 Å². The van der Waals surface area contributed by atoms with Crippen molar-refractivity contribution >= 4 is 29.1 Å². The average Bonchev–Trinajstić information content (AvgIpc) is 2.70. The first-order chi connectivity index (χ1) is 14.1. The molecule has 1 aliphatic heterocycles. The van der Waals surface area contributed by atoms with Gasteiger partial charge in [-0.2, -0.15) is 0 Å². The van der Waals surface area contributed by atoms with Crippen molar-refractivity contribution in [2.24, 2.45) is 5.92 Å². The minimum atomic E-state index is 0.00600. The van der Waals surface area contributed by atoms with Crippen LogP contribution in [0.2, 0.25) is 10.0 Å². The molecule has 1 unspecified atom stereocenters. The Morgan fingerprint density at radius 3 is 2.17 bits per heavy atom. The van der Waals surface area contributed by atoms with Crippen LogP contribution >= 0.6 is 23.2 Å². The fourth-order valence-electron chi connectivity index (χ4n) is 3.95. The Labute approximate surface area is 190 Å². The summed E-state index contributed by atoms with van der Waals surface area (Å²) in [6, 6.07) is 14.2. The first-order valence-corrected chi connectivity index (χ1v) is 11.5. The molecule has 0 radical (unpaired) electrons. The van der Waals surface area contributed by atoms with Crippen molar-refractivity contribution in [3.05, 3.63) is 69.2 Å². The average molecular weight is 447 g/mol. The fraction of sp³-hybridized carbons (Fsp3) is 0.480. The van der Waals surface area contributed by atoms with Crippen molar-refractivity contribution in [2.75, 3.05) is 13.1 Å². The second kappa shape index (κ2) is 9.72. The van der Waals surface area contributed by atoms with Gasteiger partial charge in [0.1, 0.15) is 0 Å². The molecule has 2 aromatic rings. The standard InChI is InChI=1S/C25H32Cl2N2O/c1-17(18-8-10-20(11-9-18)25(2,3)4)28-24(30)19-12-14-29(15-13-19)16-21-22(26)6-5-7-23(21)27/h5-11,17,19H,12-16H2,1-4H3,(H,28,30). The predicted octanol–water partition coefficient (Wildman–Crippen LogP) is 6.38. The summed E-state index contributed by atoms with van der Waals surface area (Å²) in [6.45, 7) is 11.1. The van der Waals surface area contributed by atoms with Gasteiger partial charge in [0.25, 0.3) is 0 Å². The number of nitrogens with zero attached hydrogens (tertiary/aromatic N) is 1. The quantitative estimate of drug-likeness (QED) is 0.577. The second-order valence-electron chi connectivity index (χ2n) is 9.35. The molecule has 0 bridgehead atoms. The smallest absolute Gasteiger partial charge is 0.223 e. The molecule has 0 saturated carbocycles. The van der Waals surface area contributed by atoms with Crippen LogP contribution in [-0.4, -0.2) is 23.9 Å². The molecule has 0 aliphatic carbocycles. The lowest BCUT2D eigenvalue weighted by atomic mass is 9.86. The highest BCUT2D eigenvalue weighted by atomic mass is 35.5. The highest BCUT2D eigenvalue weighted by Gasteiger charge is 2.26. The Hall–Kier alpha value is -1.55. The Morgan fingerprint density at radius 2 is 1.63 bits per heavy atom. The summed E-state index contributed by atoms with van der Waals surface area (Å²) in [6.07, 6.45) is 1.70. The minimum Gasteiger partial charge on any atom is -0.349 e. The van der Waals surface area contributed by atoms with Crippen molar-refractivity contribution in [2.45, 2.75) is 58.5 Å². The van der Waals surface area contributed by atoms with Crippen LogP contribution in [0, 0.1) is 5.92 Å². The van der Waals surface area contributed by atoms with Crippen LogP contribution < -0.4 is 5.32 Å². The third-order valence-corrected chi connectivity index (χ3v) is 6.75. The monoisotopic (exact) mass is 446 g/mol. The van der Waals surface area contributed by atoms with Gasteiger partial charge >= 0.3 is 0 Å². The molecule has 0 spiro atoms. The molecule has 2 aromatic carbocycles. The van der Waals surface area contributed by atoms with Gasteiger partial charge in [0.15, 0.2) is 0 Å².